The van der Waals surface area contributed by atoms with E-state index in [1.165, 1.54) is 12.1 Å². The van der Waals surface area contributed by atoms with Crippen LogP contribution in [0.15, 0.2) is 30.3 Å². The number of benzene rings is 1. The van der Waals surface area contributed by atoms with Crippen LogP contribution in [0.3, 0.4) is 0 Å². The molecule has 8 heteroatoms. The molecule has 2 aromatic rings. The number of nitro benzene ring substituents is 1. The van der Waals surface area contributed by atoms with Gasteiger partial charge in [0.05, 0.1) is 16.6 Å². The molecule has 0 aliphatic heterocycles. The lowest BCUT2D eigenvalue weighted by molar-refractivity contribution is -0.386. The molecule has 0 fully saturated rings. The van der Waals surface area contributed by atoms with Crippen LogP contribution in [0.2, 0.25) is 10.3 Å². The fourth-order valence-corrected chi connectivity index (χ4v) is 1.96. The number of pyridine rings is 1. The topological polar surface area (TPSA) is 89.0 Å². The Bertz CT molecular complexity index is 744. The Balaban J connectivity index is 2.24. The summed E-state index contributed by atoms with van der Waals surface area (Å²) in [5, 5.41) is 20.1. The molecule has 0 unspecified atom stereocenters. The first-order valence-corrected chi connectivity index (χ1v) is 6.39. The van der Waals surface area contributed by atoms with E-state index in [9.17, 15) is 10.1 Å². The van der Waals surface area contributed by atoms with Crippen molar-refractivity contribution in [1.82, 2.24) is 4.98 Å². The van der Waals surface area contributed by atoms with Gasteiger partial charge in [-0.1, -0.05) is 23.2 Å². The van der Waals surface area contributed by atoms with E-state index >= 15 is 0 Å². The van der Waals surface area contributed by atoms with Crippen LogP contribution in [0.1, 0.15) is 11.1 Å². The van der Waals surface area contributed by atoms with Crippen molar-refractivity contribution in [3.05, 3.63) is 61.9 Å². The Hall–Kier alpha value is -2.36. The second-order valence-electron chi connectivity index (χ2n) is 3.92. The van der Waals surface area contributed by atoms with Gasteiger partial charge in [-0.15, -0.1) is 0 Å². The Morgan fingerprint density at radius 2 is 2.10 bits per heavy atom. The third-order valence-corrected chi connectivity index (χ3v) is 3.10. The number of nitrogens with zero attached hydrogens (tertiary/aromatic N) is 3. The van der Waals surface area contributed by atoms with Gasteiger partial charge >= 0.3 is 5.69 Å². The SMILES string of the molecule is N#Cc1ccc(OCc2ccc(Cl)nc2Cl)c([N+](=O)[O-])c1. The molecule has 0 bridgehead atoms. The highest BCUT2D eigenvalue weighted by Gasteiger charge is 2.16. The minimum absolute atomic E-state index is 0.00422. The summed E-state index contributed by atoms with van der Waals surface area (Å²) in [7, 11) is 0. The number of nitro groups is 1. The van der Waals surface area contributed by atoms with Gasteiger partial charge in [-0.05, 0) is 24.3 Å². The van der Waals surface area contributed by atoms with E-state index in [2.05, 4.69) is 4.98 Å². The zero-order valence-electron chi connectivity index (χ0n) is 10.4. The van der Waals surface area contributed by atoms with Crippen molar-refractivity contribution in [1.29, 1.82) is 5.26 Å². The fraction of sp³-hybridized carbons (Fsp3) is 0.0769. The molecular formula is C13H7Cl2N3O3. The van der Waals surface area contributed by atoms with Gasteiger partial charge in [0.15, 0.2) is 5.75 Å². The first kappa shape index (κ1) is 15.0. The molecule has 0 aliphatic rings. The average molecular weight is 324 g/mol. The van der Waals surface area contributed by atoms with Gasteiger partial charge in [-0.2, -0.15) is 5.26 Å². The number of halogens is 2. The van der Waals surface area contributed by atoms with E-state index in [0.29, 0.717) is 5.56 Å². The lowest BCUT2D eigenvalue weighted by atomic mass is 10.2. The minimum atomic E-state index is -0.613. The van der Waals surface area contributed by atoms with Crippen LogP contribution >= 0.6 is 23.2 Å². The standard InChI is InChI=1S/C13H7Cl2N3O3/c14-12-4-2-9(13(15)17-12)7-21-11-3-1-8(6-16)5-10(11)18(19)20/h1-5H,7H2. The molecule has 1 aromatic heterocycles. The number of hydrogen-bond donors (Lipinski definition) is 0. The lowest BCUT2D eigenvalue weighted by Gasteiger charge is -2.08. The van der Waals surface area contributed by atoms with Gasteiger partial charge in [0.1, 0.15) is 16.9 Å². The maximum atomic E-state index is 11.0. The molecule has 0 aliphatic carbocycles. The molecule has 1 aromatic carbocycles. The predicted octanol–water partition coefficient (Wildman–Crippen LogP) is 3.75. The van der Waals surface area contributed by atoms with Crippen molar-refractivity contribution in [2.24, 2.45) is 0 Å². The average Bonchev–Trinajstić information content (AvgIpc) is 2.46. The highest BCUT2D eigenvalue weighted by atomic mass is 35.5. The lowest BCUT2D eigenvalue weighted by Crippen LogP contribution is -2.01. The Labute approximate surface area is 129 Å². The van der Waals surface area contributed by atoms with E-state index in [1.54, 1.807) is 12.1 Å². The first-order chi connectivity index (χ1) is 10.0. The maximum absolute atomic E-state index is 11.0. The van der Waals surface area contributed by atoms with Crippen LogP contribution in [0.25, 0.3) is 0 Å². The van der Waals surface area contributed by atoms with Crippen LogP contribution in [0.4, 0.5) is 5.69 Å². The van der Waals surface area contributed by atoms with Gasteiger partial charge in [0, 0.05) is 11.6 Å². The summed E-state index contributed by atoms with van der Waals surface area (Å²) < 4.78 is 5.39. The van der Waals surface area contributed by atoms with Gasteiger partial charge in [0.2, 0.25) is 0 Å². The molecule has 0 radical (unpaired) electrons. The zero-order valence-corrected chi connectivity index (χ0v) is 11.9. The Morgan fingerprint density at radius 1 is 1.33 bits per heavy atom. The molecule has 0 atom stereocenters. The van der Waals surface area contributed by atoms with Crippen LogP contribution in [0.5, 0.6) is 5.75 Å². The molecule has 1 heterocycles. The zero-order chi connectivity index (χ0) is 15.4. The van der Waals surface area contributed by atoms with E-state index in [1.807, 2.05) is 6.07 Å². The molecule has 2 rings (SSSR count). The quantitative estimate of drug-likeness (QED) is 0.485. The summed E-state index contributed by atoms with van der Waals surface area (Å²) in [6.45, 7) is -0.00422. The molecule has 0 amide bonds. The Kier molecular flexibility index (Phi) is 4.58. The minimum Gasteiger partial charge on any atom is -0.482 e. The number of aromatic nitrogens is 1. The molecule has 106 valence electrons. The van der Waals surface area contributed by atoms with Crippen molar-refractivity contribution in [3.8, 4) is 11.8 Å². The van der Waals surface area contributed by atoms with Gasteiger partial charge < -0.3 is 4.74 Å². The molecule has 21 heavy (non-hydrogen) atoms. The van der Waals surface area contributed by atoms with Crippen molar-refractivity contribution >= 4 is 28.9 Å². The van der Waals surface area contributed by atoms with E-state index in [-0.39, 0.29) is 33.9 Å². The summed E-state index contributed by atoms with van der Waals surface area (Å²) in [5.41, 5.74) is 0.437. The summed E-state index contributed by atoms with van der Waals surface area (Å²) in [4.78, 5) is 14.2. The number of hydrogen-bond acceptors (Lipinski definition) is 5. The summed E-state index contributed by atoms with van der Waals surface area (Å²) >= 11 is 11.6. The normalized spacial score (nSPS) is 9.95. The molecule has 0 saturated carbocycles. The first-order valence-electron chi connectivity index (χ1n) is 5.63. The van der Waals surface area contributed by atoms with Crippen molar-refractivity contribution in [3.63, 3.8) is 0 Å². The van der Waals surface area contributed by atoms with E-state index in [4.69, 9.17) is 33.2 Å². The fourth-order valence-electron chi connectivity index (χ4n) is 1.56. The van der Waals surface area contributed by atoms with Crippen LogP contribution in [0, 0.1) is 21.4 Å². The molecule has 0 N–H and O–H groups in total. The second kappa shape index (κ2) is 6.39. The van der Waals surface area contributed by atoms with Gasteiger partial charge in [-0.25, -0.2) is 4.98 Å². The van der Waals surface area contributed by atoms with Gasteiger partial charge in [0.25, 0.3) is 0 Å². The summed E-state index contributed by atoms with van der Waals surface area (Å²) in [5.74, 6) is 0.0463. The molecule has 6 nitrogen and oxygen atoms in total. The molecular weight excluding hydrogens is 317 g/mol. The number of nitriles is 1. The number of ether oxygens (including phenoxy) is 1. The van der Waals surface area contributed by atoms with Crippen molar-refractivity contribution in [2.75, 3.05) is 0 Å². The largest absolute Gasteiger partial charge is 0.482 e. The van der Waals surface area contributed by atoms with Crippen molar-refractivity contribution in [2.45, 2.75) is 6.61 Å². The number of rotatable bonds is 4. The monoisotopic (exact) mass is 323 g/mol. The third-order valence-electron chi connectivity index (χ3n) is 2.56. The highest BCUT2D eigenvalue weighted by Crippen LogP contribution is 2.29. The molecule has 0 saturated heterocycles. The predicted molar refractivity (Wildman–Crippen MR) is 76.4 cm³/mol. The van der Waals surface area contributed by atoms with Crippen LogP contribution < -0.4 is 4.74 Å². The second-order valence-corrected chi connectivity index (χ2v) is 4.67. The summed E-state index contributed by atoms with van der Waals surface area (Å²) in [6, 6.07) is 8.95. The van der Waals surface area contributed by atoms with Crippen LogP contribution in [-0.2, 0) is 6.61 Å². The third kappa shape index (κ3) is 3.60. The van der Waals surface area contributed by atoms with Crippen molar-refractivity contribution < 1.29 is 9.66 Å². The smallest absolute Gasteiger partial charge is 0.312 e. The maximum Gasteiger partial charge on any atom is 0.312 e. The van der Waals surface area contributed by atoms with E-state index in [0.717, 1.165) is 6.07 Å². The highest BCUT2D eigenvalue weighted by molar-refractivity contribution is 6.32. The van der Waals surface area contributed by atoms with E-state index < -0.39 is 4.92 Å². The van der Waals surface area contributed by atoms with Crippen LogP contribution in [-0.4, -0.2) is 9.91 Å². The molecule has 0 spiro atoms. The Morgan fingerprint density at radius 3 is 2.71 bits per heavy atom. The summed E-state index contributed by atoms with van der Waals surface area (Å²) in [6.07, 6.45) is 0. The van der Waals surface area contributed by atoms with Gasteiger partial charge in [-0.3, -0.25) is 10.1 Å².